The lowest BCUT2D eigenvalue weighted by Gasteiger charge is -2.07. The Balaban J connectivity index is 1.87. The fourth-order valence-corrected chi connectivity index (χ4v) is 3.03. The van der Waals surface area contributed by atoms with Gasteiger partial charge in [0.25, 0.3) is 5.91 Å². The van der Waals surface area contributed by atoms with Crippen LogP contribution in [-0.2, 0) is 7.05 Å². The lowest BCUT2D eigenvalue weighted by Crippen LogP contribution is -2.14. The second-order valence-electron chi connectivity index (χ2n) is 5.04. The van der Waals surface area contributed by atoms with E-state index in [1.165, 1.54) is 0 Å². The Kier molecular flexibility index (Phi) is 3.77. The van der Waals surface area contributed by atoms with Crippen molar-refractivity contribution in [1.82, 2.24) is 14.8 Å². The molecule has 0 aliphatic rings. The van der Waals surface area contributed by atoms with Crippen molar-refractivity contribution >= 4 is 22.9 Å². The summed E-state index contributed by atoms with van der Waals surface area (Å²) in [4.78, 5) is 16.8. The number of nitrogens with one attached hydrogen (secondary N) is 1. The first kappa shape index (κ1) is 14.5. The third-order valence-electron chi connectivity index (χ3n) is 3.54. The summed E-state index contributed by atoms with van der Waals surface area (Å²) in [5.41, 5.74) is 3.95. The van der Waals surface area contributed by atoms with Gasteiger partial charge in [-0.15, -0.1) is 11.3 Å². The van der Waals surface area contributed by atoms with Gasteiger partial charge in [0.1, 0.15) is 5.01 Å². The molecule has 0 bridgehead atoms. The molecular weight excluding hydrogens is 296 g/mol. The molecule has 0 aliphatic heterocycles. The first-order valence-corrected chi connectivity index (χ1v) is 7.75. The molecular formula is C16H16N4OS. The van der Waals surface area contributed by atoms with E-state index in [9.17, 15) is 4.79 Å². The van der Waals surface area contributed by atoms with Crippen LogP contribution >= 0.6 is 11.3 Å². The Morgan fingerprint density at radius 3 is 2.77 bits per heavy atom. The molecule has 2 aromatic heterocycles. The molecule has 1 amide bonds. The van der Waals surface area contributed by atoms with Crippen LogP contribution in [0.3, 0.4) is 0 Å². The molecule has 0 unspecified atom stereocenters. The van der Waals surface area contributed by atoms with Crippen LogP contribution in [0.15, 0.2) is 35.8 Å². The minimum absolute atomic E-state index is 0.139. The van der Waals surface area contributed by atoms with Gasteiger partial charge in [0.2, 0.25) is 0 Å². The highest BCUT2D eigenvalue weighted by molar-refractivity contribution is 7.13. The number of nitrogens with zero attached hydrogens (tertiary/aromatic N) is 3. The number of hydrogen-bond donors (Lipinski definition) is 1. The highest BCUT2D eigenvalue weighted by Gasteiger charge is 2.17. The maximum Gasteiger partial charge on any atom is 0.259 e. The van der Waals surface area contributed by atoms with Crippen molar-refractivity contribution in [2.24, 2.45) is 7.05 Å². The molecule has 0 spiro atoms. The zero-order valence-corrected chi connectivity index (χ0v) is 13.4. The summed E-state index contributed by atoms with van der Waals surface area (Å²) in [6.45, 7) is 3.73. The van der Waals surface area contributed by atoms with E-state index in [0.29, 0.717) is 5.56 Å². The predicted octanol–water partition coefficient (Wildman–Crippen LogP) is 3.41. The molecule has 1 N–H and O–H groups in total. The van der Waals surface area contributed by atoms with Crippen molar-refractivity contribution in [2.75, 3.05) is 5.32 Å². The number of hydrogen-bond acceptors (Lipinski definition) is 4. The molecule has 0 atom stereocenters. The van der Waals surface area contributed by atoms with Crippen LogP contribution < -0.4 is 5.32 Å². The smallest absolute Gasteiger partial charge is 0.259 e. The van der Waals surface area contributed by atoms with Gasteiger partial charge in [-0.2, -0.15) is 5.10 Å². The normalized spacial score (nSPS) is 10.7. The highest BCUT2D eigenvalue weighted by Crippen LogP contribution is 2.25. The number of aryl methyl sites for hydroxylation is 2. The predicted molar refractivity (Wildman–Crippen MR) is 88.2 cm³/mol. The van der Waals surface area contributed by atoms with Gasteiger partial charge in [-0.3, -0.25) is 9.48 Å². The summed E-state index contributed by atoms with van der Waals surface area (Å²) >= 11 is 1.57. The molecule has 0 saturated heterocycles. The van der Waals surface area contributed by atoms with Crippen molar-refractivity contribution in [3.63, 3.8) is 0 Å². The lowest BCUT2D eigenvalue weighted by molar-refractivity contribution is 0.102. The zero-order chi connectivity index (χ0) is 15.7. The van der Waals surface area contributed by atoms with Crippen LogP contribution in [-0.4, -0.2) is 20.7 Å². The van der Waals surface area contributed by atoms with Crippen molar-refractivity contribution in [1.29, 1.82) is 0 Å². The van der Waals surface area contributed by atoms with E-state index in [1.807, 2.05) is 50.5 Å². The summed E-state index contributed by atoms with van der Waals surface area (Å²) in [7, 11) is 1.84. The largest absolute Gasteiger partial charge is 0.322 e. The molecule has 0 saturated carbocycles. The van der Waals surface area contributed by atoms with Crippen LogP contribution in [0, 0.1) is 13.8 Å². The lowest BCUT2D eigenvalue weighted by atomic mass is 10.1. The van der Waals surface area contributed by atoms with Crippen LogP contribution in [0.1, 0.15) is 21.7 Å². The number of carbonyl (C=O) groups excluding carboxylic acids is 1. The van der Waals surface area contributed by atoms with Crippen LogP contribution in [0.2, 0.25) is 0 Å². The Labute approximate surface area is 132 Å². The molecule has 6 heteroatoms. The summed E-state index contributed by atoms with van der Waals surface area (Å²) in [5.74, 6) is -0.139. The summed E-state index contributed by atoms with van der Waals surface area (Å²) < 4.78 is 1.72. The first-order valence-electron chi connectivity index (χ1n) is 6.87. The quantitative estimate of drug-likeness (QED) is 0.806. The Morgan fingerprint density at radius 1 is 1.32 bits per heavy atom. The van der Waals surface area contributed by atoms with Gasteiger partial charge in [0.05, 0.1) is 11.3 Å². The van der Waals surface area contributed by atoms with Crippen molar-refractivity contribution in [3.8, 4) is 10.6 Å². The fraction of sp³-hybridized carbons (Fsp3) is 0.188. The van der Waals surface area contributed by atoms with E-state index in [4.69, 9.17) is 0 Å². The van der Waals surface area contributed by atoms with Gasteiger partial charge in [-0.1, -0.05) is 12.1 Å². The molecule has 3 rings (SSSR count). The van der Waals surface area contributed by atoms with Gasteiger partial charge in [-0.25, -0.2) is 4.98 Å². The topological polar surface area (TPSA) is 59.8 Å². The number of thiazole rings is 1. The fourth-order valence-electron chi connectivity index (χ4n) is 2.39. The van der Waals surface area contributed by atoms with Gasteiger partial charge in [0.15, 0.2) is 0 Å². The molecule has 1 aromatic carbocycles. The third-order valence-corrected chi connectivity index (χ3v) is 4.36. The van der Waals surface area contributed by atoms with Crippen LogP contribution in [0.25, 0.3) is 10.6 Å². The number of anilines is 1. The van der Waals surface area contributed by atoms with Gasteiger partial charge in [-0.05, 0) is 26.0 Å². The first-order chi connectivity index (χ1) is 10.6. The van der Waals surface area contributed by atoms with E-state index in [0.717, 1.165) is 27.6 Å². The van der Waals surface area contributed by atoms with Gasteiger partial charge in [0, 0.05) is 35.6 Å². The zero-order valence-electron chi connectivity index (χ0n) is 12.6. The van der Waals surface area contributed by atoms with E-state index >= 15 is 0 Å². The van der Waals surface area contributed by atoms with E-state index in [-0.39, 0.29) is 5.91 Å². The molecule has 0 aliphatic carbocycles. The van der Waals surface area contributed by atoms with Crippen LogP contribution in [0.4, 0.5) is 5.69 Å². The Hall–Kier alpha value is -2.47. The minimum Gasteiger partial charge on any atom is -0.322 e. The van der Waals surface area contributed by atoms with Crippen molar-refractivity contribution in [3.05, 3.63) is 52.8 Å². The molecule has 0 fully saturated rings. The maximum absolute atomic E-state index is 12.5. The average molecular weight is 312 g/mol. The monoisotopic (exact) mass is 312 g/mol. The molecule has 5 nitrogen and oxygen atoms in total. The molecule has 112 valence electrons. The Morgan fingerprint density at radius 2 is 2.14 bits per heavy atom. The molecule has 22 heavy (non-hydrogen) atoms. The number of carbonyl (C=O) groups is 1. The van der Waals surface area contributed by atoms with E-state index < -0.39 is 0 Å². The Bertz CT molecular complexity index is 821. The summed E-state index contributed by atoms with van der Waals surface area (Å²) in [5, 5.41) is 10.1. The summed E-state index contributed by atoms with van der Waals surface area (Å²) in [6, 6.07) is 7.69. The number of aromatic nitrogens is 3. The molecule has 2 heterocycles. The van der Waals surface area contributed by atoms with E-state index in [2.05, 4.69) is 15.4 Å². The van der Waals surface area contributed by atoms with Crippen LogP contribution in [0.5, 0.6) is 0 Å². The van der Waals surface area contributed by atoms with E-state index in [1.54, 1.807) is 22.2 Å². The van der Waals surface area contributed by atoms with Gasteiger partial charge >= 0.3 is 0 Å². The number of benzene rings is 1. The number of amides is 1. The molecule has 3 aromatic rings. The molecule has 0 radical (unpaired) electrons. The SMILES string of the molecule is Cc1nn(C)c(C)c1C(=O)Nc1cccc(-c2nccs2)c1. The second kappa shape index (κ2) is 5.73. The summed E-state index contributed by atoms with van der Waals surface area (Å²) in [6.07, 6.45) is 1.77. The highest BCUT2D eigenvalue weighted by atomic mass is 32.1. The van der Waals surface area contributed by atoms with Crippen molar-refractivity contribution in [2.45, 2.75) is 13.8 Å². The average Bonchev–Trinajstić information content (AvgIpc) is 3.09. The number of rotatable bonds is 3. The van der Waals surface area contributed by atoms with Gasteiger partial charge < -0.3 is 5.32 Å². The maximum atomic E-state index is 12.5. The standard InChI is InChI=1S/C16H16N4OS/c1-10-14(11(2)20(3)19-10)15(21)18-13-6-4-5-12(9-13)16-17-7-8-22-16/h4-9H,1-3H3,(H,18,21). The second-order valence-corrected chi connectivity index (χ2v) is 5.94. The third kappa shape index (κ3) is 2.65. The van der Waals surface area contributed by atoms with Crippen molar-refractivity contribution < 1.29 is 4.79 Å². The minimum atomic E-state index is -0.139.